The normalized spacial score (nSPS) is 10.7. The zero-order chi connectivity index (χ0) is 16.4. The van der Waals surface area contributed by atoms with Gasteiger partial charge in [-0.25, -0.2) is 4.98 Å². The number of rotatable bonds is 4. The molecule has 0 aliphatic carbocycles. The molecule has 0 atom stereocenters. The minimum Gasteiger partial charge on any atom is -0.545 e. The molecule has 0 amide bonds. The van der Waals surface area contributed by atoms with Crippen molar-refractivity contribution in [1.82, 2.24) is 4.98 Å². The third-order valence-electron chi connectivity index (χ3n) is 3.62. The largest absolute Gasteiger partial charge is 0.545 e. The number of carboxylic acids is 1. The minimum atomic E-state index is -1.20. The Labute approximate surface area is 134 Å². The molecule has 0 saturated carbocycles. The molecular weight excluding hydrogens is 290 g/mol. The Bertz CT molecular complexity index is 887. The van der Waals surface area contributed by atoms with Gasteiger partial charge in [-0.15, -0.1) is 0 Å². The number of aryl methyl sites for hydroxylation is 1. The predicted molar refractivity (Wildman–Crippen MR) is 87.4 cm³/mol. The molecule has 0 aliphatic rings. The van der Waals surface area contributed by atoms with E-state index in [1.165, 1.54) is 0 Å². The summed E-state index contributed by atoms with van der Waals surface area (Å²) >= 11 is 0. The van der Waals surface area contributed by atoms with Crippen LogP contribution in [0.5, 0.6) is 5.75 Å². The van der Waals surface area contributed by atoms with Crippen molar-refractivity contribution < 1.29 is 14.6 Å². The number of aromatic carboxylic acids is 1. The molecule has 0 unspecified atom stereocenters. The molecule has 4 nitrogen and oxygen atoms in total. The molecule has 0 fully saturated rings. The Kier molecular flexibility index (Phi) is 3.98. The summed E-state index contributed by atoms with van der Waals surface area (Å²) in [6, 6.07) is 14.6. The van der Waals surface area contributed by atoms with Gasteiger partial charge < -0.3 is 14.6 Å². The Morgan fingerprint density at radius 3 is 2.74 bits per heavy atom. The summed E-state index contributed by atoms with van der Waals surface area (Å²) in [6.45, 7) is 4.40. The first-order chi connectivity index (χ1) is 11.1. The van der Waals surface area contributed by atoms with E-state index < -0.39 is 5.97 Å². The van der Waals surface area contributed by atoms with Crippen molar-refractivity contribution in [3.8, 4) is 17.0 Å². The maximum Gasteiger partial charge on any atom is 0.119 e. The SMILES string of the molecule is CCOc1cccc(-c2cc(C(=O)[O-])c3cc(C)ccc3n2)c1. The third kappa shape index (κ3) is 3.01. The van der Waals surface area contributed by atoms with E-state index in [1.54, 1.807) is 6.07 Å². The average molecular weight is 306 g/mol. The Morgan fingerprint density at radius 2 is 2.00 bits per heavy atom. The van der Waals surface area contributed by atoms with Crippen LogP contribution in [-0.2, 0) is 0 Å². The third-order valence-corrected chi connectivity index (χ3v) is 3.62. The topological polar surface area (TPSA) is 62.2 Å². The summed E-state index contributed by atoms with van der Waals surface area (Å²) in [6.07, 6.45) is 0. The lowest BCUT2D eigenvalue weighted by Gasteiger charge is -2.12. The molecule has 1 heterocycles. The summed E-state index contributed by atoms with van der Waals surface area (Å²) in [7, 11) is 0. The number of fused-ring (bicyclic) bond motifs is 1. The molecule has 3 aromatic rings. The van der Waals surface area contributed by atoms with Crippen LogP contribution in [0.4, 0.5) is 0 Å². The van der Waals surface area contributed by atoms with Gasteiger partial charge in [-0.3, -0.25) is 0 Å². The number of carbonyl (C=O) groups is 1. The van der Waals surface area contributed by atoms with Crippen molar-refractivity contribution >= 4 is 16.9 Å². The van der Waals surface area contributed by atoms with Crippen LogP contribution in [0.25, 0.3) is 22.2 Å². The average Bonchev–Trinajstić information content (AvgIpc) is 2.54. The highest BCUT2D eigenvalue weighted by Crippen LogP contribution is 2.27. The standard InChI is InChI=1S/C19H17NO3/c1-3-23-14-6-4-5-13(10-14)18-11-16(19(21)22)15-9-12(2)7-8-17(15)20-18/h4-11H,3H2,1-2H3,(H,21,22)/p-1. The van der Waals surface area contributed by atoms with Crippen LogP contribution in [0.3, 0.4) is 0 Å². The summed E-state index contributed by atoms with van der Waals surface area (Å²) in [4.78, 5) is 16.1. The van der Waals surface area contributed by atoms with E-state index in [0.717, 1.165) is 16.9 Å². The summed E-state index contributed by atoms with van der Waals surface area (Å²) in [5.41, 5.74) is 3.15. The molecule has 0 bridgehead atoms. The van der Waals surface area contributed by atoms with Crippen molar-refractivity contribution in [2.75, 3.05) is 6.61 Å². The van der Waals surface area contributed by atoms with Crippen molar-refractivity contribution in [3.05, 3.63) is 59.7 Å². The zero-order valence-corrected chi connectivity index (χ0v) is 13.0. The van der Waals surface area contributed by atoms with E-state index in [2.05, 4.69) is 4.98 Å². The van der Waals surface area contributed by atoms with Crippen molar-refractivity contribution in [1.29, 1.82) is 0 Å². The highest BCUT2D eigenvalue weighted by molar-refractivity contribution is 6.03. The van der Waals surface area contributed by atoms with Crippen LogP contribution in [0.1, 0.15) is 22.8 Å². The van der Waals surface area contributed by atoms with Crippen molar-refractivity contribution in [2.24, 2.45) is 0 Å². The molecule has 2 aromatic carbocycles. The Balaban J connectivity index is 2.20. The molecule has 23 heavy (non-hydrogen) atoms. The molecule has 0 N–H and O–H groups in total. The van der Waals surface area contributed by atoms with Gasteiger partial charge in [0.2, 0.25) is 0 Å². The first-order valence-corrected chi connectivity index (χ1v) is 7.44. The van der Waals surface area contributed by atoms with Gasteiger partial charge in [0.25, 0.3) is 0 Å². The van der Waals surface area contributed by atoms with Crippen LogP contribution in [0, 0.1) is 6.92 Å². The molecule has 0 radical (unpaired) electrons. The molecule has 1 aromatic heterocycles. The maximum absolute atomic E-state index is 11.5. The number of hydrogen-bond donors (Lipinski definition) is 0. The maximum atomic E-state index is 11.5. The summed E-state index contributed by atoms with van der Waals surface area (Å²) < 4.78 is 5.49. The number of benzene rings is 2. The first-order valence-electron chi connectivity index (χ1n) is 7.44. The molecule has 4 heteroatoms. The molecule has 0 saturated heterocycles. The second-order valence-electron chi connectivity index (χ2n) is 5.32. The quantitative estimate of drug-likeness (QED) is 0.743. The lowest BCUT2D eigenvalue weighted by molar-refractivity contribution is -0.254. The highest BCUT2D eigenvalue weighted by atomic mass is 16.5. The van der Waals surface area contributed by atoms with Gasteiger partial charge in [0.15, 0.2) is 0 Å². The van der Waals surface area contributed by atoms with E-state index in [-0.39, 0.29) is 5.56 Å². The highest BCUT2D eigenvalue weighted by Gasteiger charge is 2.09. The van der Waals surface area contributed by atoms with E-state index in [1.807, 2.05) is 56.3 Å². The van der Waals surface area contributed by atoms with Crippen LogP contribution < -0.4 is 9.84 Å². The minimum absolute atomic E-state index is 0.149. The van der Waals surface area contributed by atoms with Crippen LogP contribution in [-0.4, -0.2) is 17.6 Å². The number of ether oxygens (including phenoxy) is 1. The molecule has 0 aliphatic heterocycles. The molecule has 116 valence electrons. The first kappa shape index (κ1) is 15.0. The molecule has 3 rings (SSSR count). The Hall–Kier alpha value is -2.88. The number of carbonyl (C=O) groups excluding carboxylic acids is 1. The predicted octanol–water partition coefficient (Wildman–Crippen LogP) is 2.97. The van der Waals surface area contributed by atoms with E-state index in [4.69, 9.17) is 4.74 Å². The summed E-state index contributed by atoms with van der Waals surface area (Å²) in [5, 5.41) is 12.1. The zero-order valence-electron chi connectivity index (χ0n) is 13.0. The fraction of sp³-hybridized carbons (Fsp3) is 0.158. The van der Waals surface area contributed by atoms with Crippen molar-refractivity contribution in [2.45, 2.75) is 13.8 Å². The van der Waals surface area contributed by atoms with Gasteiger partial charge in [0.1, 0.15) is 5.75 Å². The van der Waals surface area contributed by atoms with Gasteiger partial charge in [-0.05, 0) is 44.2 Å². The van der Waals surface area contributed by atoms with Crippen LogP contribution >= 0.6 is 0 Å². The number of pyridine rings is 1. The van der Waals surface area contributed by atoms with Gasteiger partial charge in [0, 0.05) is 16.5 Å². The van der Waals surface area contributed by atoms with Gasteiger partial charge in [-0.2, -0.15) is 0 Å². The van der Waals surface area contributed by atoms with Gasteiger partial charge >= 0.3 is 0 Å². The van der Waals surface area contributed by atoms with E-state index in [0.29, 0.717) is 23.2 Å². The fourth-order valence-electron chi connectivity index (χ4n) is 2.57. The lowest BCUT2D eigenvalue weighted by Crippen LogP contribution is -2.22. The fourth-order valence-corrected chi connectivity index (χ4v) is 2.57. The van der Waals surface area contributed by atoms with E-state index >= 15 is 0 Å². The number of nitrogens with zero attached hydrogens (tertiary/aromatic N) is 1. The molecular formula is C19H16NO3-. The van der Waals surface area contributed by atoms with Crippen LogP contribution in [0.2, 0.25) is 0 Å². The van der Waals surface area contributed by atoms with Gasteiger partial charge in [0.05, 0.1) is 23.8 Å². The summed E-state index contributed by atoms with van der Waals surface area (Å²) in [5.74, 6) is -0.476. The number of aromatic nitrogens is 1. The number of carboxylic acid groups (broad SMARTS) is 1. The second-order valence-corrected chi connectivity index (χ2v) is 5.32. The Morgan fingerprint density at radius 1 is 1.17 bits per heavy atom. The van der Waals surface area contributed by atoms with Crippen molar-refractivity contribution in [3.63, 3.8) is 0 Å². The number of hydrogen-bond acceptors (Lipinski definition) is 4. The monoisotopic (exact) mass is 306 g/mol. The smallest absolute Gasteiger partial charge is 0.119 e. The lowest BCUT2D eigenvalue weighted by atomic mass is 10.0. The van der Waals surface area contributed by atoms with Crippen LogP contribution in [0.15, 0.2) is 48.5 Å². The molecule has 0 spiro atoms. The van der Waals surface area contributed by atoms with Gasteiger partial charge in [-0.1, -0.05) is 23.8 Å². The second kappa shape index (κ2) is 6.08. The van der Waals surface area contributed by atoms with E-state index in [9.17, 15) is 9.90 Å².